The fourth-order valence-corrected chi connectivity index (χ4v) is 4.25. The number of hydrogen-bond acceptors (Lipinski definition) is 8. The number of aromatic nitrogens is 3. The van der Waals surface area contributed by atoms with Crippen LogP contribution < -0.4 is 5.49 Å². The molecule has 2 aliphatic rings. The van der Waals surface area contributed by atoms with Crippen LogP contribution in [0.3, 0.4) is 0 Å². The van der Waals surface area contributed by atoms with Gasteiger partial charge in [0.05, 0.1) is 25.1 Å². The van der Waals surface area contributed by atoms with E-state index >= 15 is 0 Å². The van der Waals surface area contributed by atoms with E-state index in [1.165, 1.54) is 17.0 Å². The van der Waals surface area contributed by atoms with Crippen LogP contribution in [0.4, 0.5) is 8.78 Å². The molecule has 182 valence electrons. The highest BCUT2D eigenvalue weighted by Crippen LogP contribution is 2.37. The molecule has 0 radical (unpaired) electrons. The number of hydrogen-bond donors (Lipinski definition) is 4. The Balaban J connectivity index is 1.43. The fraction of sp³-hybridized carbons (Fsp3) is 0.455. The molecule has 10 nitrogen and oxygen atoms in total. The van der Waals surface area contributed by atoms with E-state index in [9.17, 15) is 24.1 Å². The largest absolute Gasteiger partial charge is 0.387 e. The summed E-state index contributed by atoms with van der Waals surface area (Å²) in [7, 11) is 0. The van der Waals surface area contributed by atoms with Gasteiger partial charge in [-0.05, 0) is 30.7 Å². The first-order chi connectivity index (χ1) is 16.3. The summed E-state index contributed by atoms with van der Waals surface area (Å²) in [4.78, 5) is 11.9. The van der Waals surface area contributed by atoms with Gasteiger partial charge in [0.2, 0.25) is 0 Å². The first-order valence-electron chi connectivity index (χ1n) is 10.7. The molecule has 2 fully saturated rings. The Morgan fingerprint density at radius 1 is 1.21 bits per heavy atom. The van der Waals surface area contributed by atoms with E-state index in [-0.39, 0.29) is 12.1 Å². The lowest BCUT2D eigenvalue weighted by Crippen LogP contribution is -2.35. The number of rotatable bonds is 5. The van der Waals surface area contributed by atoms with Crippen molar-refractivity contribution in [1.82, 2.24) is 14.5 Å². The Morgan fingerprint density at radius 2 is 1.97 bits per heavy atom. The van der Waals surface area contributed by atoms with Crippen LogP contribution in [0, 0.1) is 11.6 Å². The minimum atomic E-state index is -1.51. The predicted octanol–water partition coefficient (Wildman–Crippen LogP) is 0.659. The molecule has 0 aliphatic carbocycles. The molecule has 0 unspecified atom stereocenters. The molecule has 4 heterocycles. The summed E-state index contributed by atoms with van der Waals surface area (Å²) in [5.41, 5.74) is 0.925. The zero-order valence-electron chi connectivity index (χ0n) is 18.1. The van der Waals surface area contributed by atoms with Crippen molar-refractivity contribution in [3.8, 4) is 0 Å². The topological polar surface area (TPSA) is 134 Å². The highest BCUT2D eigenvalue weighted by atomic mass is 19.2. The van der Waals surface area contributed by atoms with Crippen molar-refractivity contribution in [2.45, 2.75) is 43.4 Å². The molecule has 3 aromatic rings. The van der Waals surface area contributed by atoms with Gasteiger partial charge >= 0.3 is 0 Å². The van der Waals surface area contributed by atoms with Crippen LogP contribution >= 0.6 is 0 Å². The van der Waals surface area contributed by atoms with Gasteiger partial charge in [0.25, 0.3) is 0 Å². The third-order valence-electron chi connectivity index (χ3n) is 6.09. The Bertz CT molecular complexity index is 1260. The number of nitrogens with zero attached hydrogens (tertiary/aromatic N) is 3. The van der Waals surface area contributed by atoms with Gasteiger partial charge in [0, 0.05) is 6.20 Å². The molecule has 2 aromatic heterocycles. The maximum absolute atomic E-state index is 13.6. The van der Waals surface area contributed by atoms with E-state index in [2.05, 4.69) is 15.0 Å². The molecular weight excluding hydrogens is 454 g/mol. The van der Waals surface area contributed by atoms with E-state index in [1.54, 1.807) is 19.2 Å². The molecule has 5 atom stereocenters. The van der Waals surface area contributed by atoms with E-state index in [4.69, 9.17) is 14.2 Å². The van der Waals surface area contributed by atoms with Crippen molar-refractivity contribution in [1.29, 1.82) is 0 Å². The van der Waals surface area contributed by atoms with E-state index < -0.39 is 48.1 Å². The Morgan fingerprint density at radius 3 is 2.71 bits per heavy atom. The average Bonchev–Trinajstić information content (AvgIpc) is 3.55. The van der Waals surface area contributed by atoms with Crippen molar-refractivity contribution in [2.24, 2.45) is 4.99 Å². The van der Waals surface area contributed by atoms with Gasteiger partial charge in [-0.1, -0.05) is 6.07 Å². The van der Waals surface area contributed by atoms with Crippen molar-refractivity contribution in [3.05, 3.63) is 59.5 Å². The van der Waals surface area contributed by atoms with Gasteiger partial charge in [-0.2, -0.15) is 0 Å². The van der Waals surface area contributed by atoms with Gasteiger partial charge < -0.3 is 34.5 Å². The van der Waals surface area contributed by atoms with Gasteiger partial charge in [0.1, 0.15) is 36.4 Å². The lowest BCUT2D eigenvalue weighted by Gasteiger charge is -2.22. The van der Waals surface area contributed by atoms with Crippen LogP contribution in [-0.2, 0) is 14.2 Å². The molecule has 5 rings (SSSR count). The van der Waals surface area contributed by atoms with Crippen LogP contribution in [0.5, 0.6) is 0 Å². The first kappa shape index (κ1) is 23.0. The predicted molar refractivity (Wildman–Crippen MR) is 112 cm³/mol. The molecule has 2 aliphatic heterocycles. The number of benzene rings is 1. The third kappa shape index (κ3) is 4.02. The van der Waals surface area contributed by atoms with Crippen LogP contribution in [-0.4, -0.2) is 73.7 Å². The second-order valence-corrected chi connectivity index (χ2v) is 8.45. The van der Waals surface area contributed by atoms with Crippen molar-refractivity contribution < 1.29 is 38.3 Å². The smallest absolute Gasteiger partial charge is 0.185 e. The fourth-order valence-electron chi connectivity index (χ4n) is 4.25. The number of nitrogens with one attached hydrogen (secondary N) is 1. The molecule has 0 bridgehead atoms. The maximum Gasteiger partial charge on any atom is 0.185 e. The number of ether oxygens (including phenoxy) is 3. The zero-order chi connectivity index (χ0) is 24.0. The van der Waals surface area contributed by atoms with Crippen molar-refractivity contribution >= 4 is 11.0 Å². The second kappa shape index (κ2) is 8.80. The Kier molecular flexibility index (Phi) is 5.96. The highest BCUT2D eigenvalue weighted by Gasteiger charge is 2.47. The molecule has 4 N–H and O–H groups in total. The summed E-state index contributed by atoms with van der Waals surface area (Å²) in [5.74, 6) is -3.04. The van der Waals surface area contributed by atoms with Crippen molar-refractivity contribution in [2.75, 3.05) is 19.8 Å². The standard InChI is InChI=1S/C22H24F2N4O6/c1-22(32-6-7-33-22)9-26-19-12-4-5-25-20(12)28(10-27-19)21-17(31)16(30)18(34-21)15(29)11-2-3-13(23)14(24)8-11/h2-5,8,10,15-18,21,25,29-31H,6-7,9H2,1H3/t15-,16+,17-,18-,21-/m1/s1. The van der Waals surface area contributed by atoms with Crippen LogP contribution in [0.2, 0.25) is 0 Å². The third-order valence-corrected chi connectivity index (χ3v) is 6.09. The molecule has 12 heteroatoms. The number of aliphatic hydroxyl groups excluding tert-OH is 3. The molecule has 0 saturated carbocycles. The zero-order valence-corrected chi connectivity index (χ0v) is 18.1. The van der Waals surface area contributed by atoms with Crippen LogP contribution in [0.25, 0.3) is 11.0 Å². The summed E-state index contributed by atoms with van der Waals surface area (Å²) in [5, 5.41) is 32.5. The molecule has 34 heavy (non-hydrogen) atoms. The first-order valence-corrected chi connectivity index (χ1v) is 10.7. The summed E-state index contributed by atoms with van der Waals surface area (Å²) in [6, 6.07) is 4.63. The lowest BCUT2D eigenvalue weighted by molar-refractivity contribution is -0.132. The average molecular weight is 478 g/mol. The molecule has 1 aromatic carbocycles. The maximum atomic E-state index is 13.6. The summed E-state index contributed by atoms with van der Waals surface area (Å²) in [6.45, 7) is 3.01. The number of aromatic amines is 1. The number of aliphatic hydroxyl groups is 3. The number of halogens is 2. The molecular formula is C22H24F2N4O6. The molecule has 0 spiro atoms. The Hall–Kier alpha value is -2.74. The van der Waals surface area contributed by atoms with E-state index in [0.29, 0.717) is 29.7 Å². The van der Waals surface area contributed by atoms with Gasteiger partial charge in [-0.15, -0.1) is 0 Å². The van der Waals surface area contributed by atoms with E-state index in [0.717, 1.165) is 12.1 Å². The molecule has 2 saturated heterocycles. The summed E-state index contributed by atoms with van der Waals surface area (Å²) >= 11 is 0. The SMILES string of the molecule is CC1(CN=c2ncn([C@@H]3O[C@H]([C@H](O)c4ccc(F)c(F)c4)[C@@H](O)[C@H]3O)c3[nH]ccc23)OCCO1. The van der Waals surface area contributed by atoms with Gasteiger partial charge in [0.15, 0.2) is 29.1 Å². The van der Waals surface area contributed by atoms with E-state index in [1.807, 2.05) is 0 Å². The monoisotopic (exact) mass is 478 g/mol. The van der Waals surface area contributed by atoms with Gasteiger partial charge in [-0.25, -0.2) is 13.8 Å². The Labute approximate surface area is 192 Å². The van der Waals surface area contributed by atoms with Crippen LogP contribution in [0.1, 0.15) is 24.8 Å². The minimum absolute atomic E-state index is 0.00272. The normalized spacial score (nSPS) is 28.1. The summed E-state index contributed by atoms with van der Waals surface area (Å²) in [6.07, 6.45) is -3.83. The van der Waals surface area contributed by atoms with Crippen molar-refractivity contribution in [3.63, 3.8) is 0 Å². The van der Waals surface area contributed by atoms with Crippen LogP contribution in [0.15, 0.2) is 41.8 Å². The quantitative estimate of drug-likeness (QED) is 0.423. The number of fused-ring (bicyclic) bond motifs is 1. The highest BCUT2D eigenvalue weighted by molar-refractivity contribution is 5.74. The van der Waals surface area contributed by atoms with Gasteiger partial charge in [-0.3, -0.25) is 9.56 Å². The summed E-state index contributed by atoms with van der Waals surface area (Å²) < 4.78 is 45.3. The lowest BCUT2D eigenvalue weighted by atomic mass is 9.99. The number of H-pyrrole nitrogens is 1. The minimum Gasteiger partial charge on any atom is -0.387 e. The second-order valence-electron chi connectivity index (χ2n) is 8.45. The molecule has 0 amide bonds.